The van der Waals surface area contributed by atoms with E-state index in [2.05, 4.69) is 5.32 Å². The zero-order valence-corrected chi connectivity index (χ0v) is 9.15. The Morgan fingerprint density at radius 1 is 1.56 bits per heavy atom. The highest BCUT2D eigenvalue weighted by Crippen LogP contribution is 2.01. The lowest BCUT2D eigenvalue weighted by molar-refractivity contribution is -0.137. The van der Waals surface area contributed by atoms with Gasteiger partial charge in [-0.3, -0.25) is 4.79 Å². The van der Waals surface area contributed by atoms with Crippen molar-refractivity contribution in [3.8, 4) is 0 Å². The standard InChI is InChI=1S/C11H13NO4/c1-3-15-10(13)7-8(2)12-11(14)9-5-4-6-16-9/h4-7H,3H2,1-2H3,(H,12,14)/b8-7+. The quantitative estimate of drug-likeness (QED) is 0.620. The van der Waals surface area contributed by atoms with Gasteiger partial charge in [0.25, 0.3) is 5.91 Å². The molecule has 1 amide bonds. The summed E-state index contributed by atoms with van der Waals surface area (Å²) < 4.78 is 9.59. The van der Waals surface area contributed by atoms with Crippen molar-refractivity contribution < 1.29 is 18.7 Å². The molecule has 1 N–H and O–H groups in total. The molecule has 1 heterocycles. The van der Waals surface area contributed by atoms with Gasteiger partial charge < -0.3 is 14.5 Å². The average Bonchev–Trinajstić information content (AvgIpc) is 2.69. The molecule has 1 rings (SSSR count). The highest BCUT2D eigenvalue weighted by Gasteiger charge is 2.08. The lowest BCUT2D eigenvalue weighted by Gasteiger charge is -2.02. The topological polar surface area (TPSA) is 68.5 Å². The van der Waals surface area contributed by atoms with Crippen molar-refractivity contribution in [2.24, 2.45) is 0 Å². The highest BCUT2D eigenvalue weighted by atomic mass is 16.5. The SMILES string of the molecule is CCOC(=O)/C=C(\C)NC(=O)c1ccco1. The molecular weight excluding hydrogens is 210 g/mol. The van der Waals surface area contributed by atoms with Gasteiger partial charge in [-0.15, -0.1) is 0 Å². The second-order valence-electron chi connectivity index (χ2n) is 3.01. The summed E-state index contributed by atoms with van der Waals surface area (Å²) in [6, 6.07) is 3.15. The van der Waals surface area contributed by atoms with E-state index in [0.717, 1.165) is 0 Å². The molecule has 1 aromatic rings. The third-order valence-electron chi connectivity index (χ3n) is 1.68. The van der Waals surface area contributed by atoms with E-state index < -0.39 is 11.9 Å². The Morgan fingerprint density at radius 3 is 2.88 bits per heavy atom. The Hall–Kier alpha value is -2.04. The molecule has 0 aliphatic heterocycles. The fourth-order valence-electron chi connectivity index (χ4n) is 1.05. The van der Waals surface area contributed by atoms with Crippen LogP contribution in [0.3, 0.4) is 0 Å². The second-order valence-corrected chi connectivity index (χ2v) is 3.01. The number of allylic oxidation sites excluding steroid dienone is 1. The number of carbonyl (C=O) groups is 2. The second kappa shape index (κ2) is 5.75. The molecule has 0 saturated heterocycles. The maximum Gasteiger partial charge on any atom is 0.332 e. The van der Waals surface area contributed by atoms with Gasteiger partial charge in [0.15, 0.2) is 5.76 Å². The van der Waals surface area contributed by atoms with Gasteiger partial charge >= 0.3 is 5.97 Å². The molecule has 0 aliphatic carbocycles. The maximum absolute atomic E-state index is 11.5. The predicted octanol–water partition coefficient (Wildman–Crippen LogP) is 1.48. The molecule has 0 aliphatic rings. The van der Waals surface area contributed by atoms with Crippen LogP contribution in [-0.4, -0.2) is 18.5 Å². The van der Waals surface area contributed by atoms with Crippen molar-refractivity contribution in [1.82, 2.24) is 5.32 Å². The smallest absolute Gasteiger partial charge is 0.332 e. The predicted molar refractivity (Wildman–Crippen MR) is 56.6 cm³/mol. The zero-order chi connectivity index (χ0) is 12.0. The molecule has 0 unspecified atom stereocenters. The number of esters is 1. The number of ether oxygens (including phenoxy) is 1. The minimum Gasteiger partial charge on any atom is -0.463 e. The first-order valence-electron chi connectivity index (χ1n) is 4.83. The molecule has 16 heavy (non-hydrogen) atoms. The molecule has 5 nitrogen and oxygen atoms in total. The Morgan fingerprint density at radius 2 is 2.31 bits per heavy atom. The van der Waals surface area contributed by atoms with Crippen LogP contribution in [0.4, 0.5) is 0 Å². The van der Waals surface area contributed by atoms with Crippen molar-refractivity contribution in [1.29, 1.82) is 0 Å². The summed E-state index contributed by atoms with van der Waals surface area (Å²) in [5, 5.41) is 2.50. The van der Waals surface area contributed by atoms with Gasteiger partial charge in [-0.25, -0.2) is 4.79 Å². The first-order valence-corrected chi connectivity index (χ1v) is 4.83. The molecule has 0 radical (unpaired) electrons. The van der Waals surface area contributed by atoms with E-state index in [1.165, 1.54) is 18.4 Å². The van der Waals surface area contributed by atoms with Crippen LogP contribution in [0.2, 0.25) is 0 Å². The van der Waals surface area contributed by atoms with Crippen molar-refractivity contribution in [3.63, 3.8) is 0 Å². The minimum atomic E-state index is -0.486. The molecular formula is C11H13NO4. The van der Waals surface area contributed by atoms with Gasteiger partial charge in [-0.2, -0.15) is 0 Å². The summed E-state index contributed by atoms with van der Waals surface area (Å²) in [6.45, 7) is 3.61. The Bertz CT molecular complexity index is 392. The molecule has 0 saturated carbocycles. The summed E-state index contributed by atoms with van der Waals surface area (Å²) in [5.41, 5.74) is 0.403. The summed E-state index contributed by atoms with van der Waals surface area (Å²) in [5.74, 6) is -0.695. The monoisotopic (exact) mass is 223 g/mol. The summed E-state index contributed by atoms with van der Waals surface area (Å²) in [7, 11) is 0. The van der Waals surface area contributed by atoms with E-state index in [-0.39, 0.29) is 5.76 Å². The number of carbonyl (C=O) groups excluding carboxylic acids is 2. The molecule has 0 spiro atoms. The minimum absolute atomic E-state index is 0.191. The van der Waals surface area contributed by atoms with Crippen molar-refractivity contribution in [2.75, 3.05) is 6.61 Å². The van der Waals surface area contributed by atoms with Crippen LogP contribution in [0.1, 0.15) is 24.4 Å². The van der Waals surface area contributed by atoms with Crippen LogP contribution >= 0.6 is 0 Å². The van der Waals surface area contributed by atoms with Gasteiger partial charge in [0.2, 0.25) is 0 Å². The Kier molecular flexibility index (Phi) is 4.32. The van der Waals surface area contributed by atoms with E-state index >= 15 is 0 Å². The normalized spacial score (nSPS) is 11.0. The zero-order valence-electron chi connectivity index (χ0n) is 9.15. The van der Waals surface area contributed by atoms with Crippen LogP contribution in [-0.2, 0) is 9.53 Å². The van der Waals surface area contributed by atoms with E-state index in [0.29, 0.717) is 12.3 Å². The van der Waals surface area contributed by atoms with Gasteiger partial charge in [0.05, 0.1) is 12.9 Å². The lowest BCUT2D eigenvalue weighted by Crippen LogP contribution is -2.21. The maximum atomic E-state index is 11.5. The van der Waals surface area contributed by atoms with E-state index in [4.69, 9.17) is 9.15 Å². The van der Waals surface area contributed by atoms with Gasteiger partial charge in [-0.1, -0.05) is 0 Å². The van der Waals surface area contributed by atoms with E-state index in [1.54, 1.807) is 19.9 Å². The number of amides is 1. The third kappa shape index (κ3) is 3.61. The fourth-order valence-corrected chi connectivity index (χ4v) is 1.05. The van der Waals surface area contributed by atoms with Crippen LogP contribution in [0.15, 0.2) is 34.6 Å². The molecule has 86 valence electrons. The number of hydrogen-bond donors (Lipinski definition) is 1. The third-order valence-corrected chi connectivity index (χ3v) is 1.68. The highest BCUT2D eigenvalue weighted by molar-refractivity contribution is 5.93. The summed E-state index contributed by atoms with van der Waals surface area (Å²) in [6.07, 6.45) is 2.61. The van der Waals surface area contributed by atoms with Gasteiger partial charge in [0.1, 0.15) is 0 Å². The van der Waals surface area contributed by atoms with Crippen LogP contribution in [0.25, 0.3) is 0 Å². The fraction of sp³-hybridized carbons (Fsp3) is 0.273. The lowest BCUT2D eigenvalue weighted by atomic mass is 10.3. The van der Waals surface area contributed by atoms with E-state index in [1.807, 2.05) is 0 Å². The first-order chi connectivity index (χ1) is 7.63. The number of rotatable bonds is 4. The van der Waals surface area contributed by atoms with Crippen LogP contribution in [0.5, 0.6) is 0 Å². The van der Waals surface area contributed by atoms with Crippen molar-refractivity contribution in [3.05, 3.63) is 35.9 Å². The molecule has 1 aromatic heterocycles. The number of furan rings is 1. The van der Waals surface area contributed by atoms with Crippen molar-refractivity contribution in [2.45, 2.75) is 13.8 Å². The van der Waals surface area contributed by atoms with Crippen LogP contribution in [0, 0.1) is 0 Å². The summed E-state index contributed by atoms with van der Waals surface area (Å²) >= 11 is 0. The average molecular weight is 223 g/mol. The van der Waals surface area contributed by atoms with Crippen molar-refractivity contribution >= 4 is 11.9 Å². The van der Waals surface area contributed by atoms with Gasteiger partial charge in [-0.05, 0) is 26.0 Å². The molecule has 0 atom stereocenters. The first kappa shape index (κ1) is 12.0. The largest absolute Gasteiger partial charge is 0.463 e. The van der Waals surface area contributed by atoms with Crippen LogP contribution < -0.4 is 5.32 Å². The Balaban J connectivity index is 2.54. The molecule has 0 aromatic carbocycles. The molecule has 0 fully saturated rings. The number of nitrogens with one attached hydrogen (secondary N) is 1. The summed E-state index contributed by atoms with van der Waals surface area (Å²) in [4.78, 5) is 22.5. The molecule has 0 bridgehead atoms. The van der Waals surface area contributed by atoms with E-state index in [9.17, 15) is 9.59 Å². The van der Waals surface area contributed by atoms with Gasteiger partial charge in [0, 0.05) is 11.8 Å². The molecule has 5 heteroatoms. The Labute approximate surface area is 93.1 Å². The number of hydrogen-bond acceptors (Lipinski definition) is 4.